The van der Waals surface area contributed by atoms with Gasteiger partial charge in [0.05, 0.1) is 16.8 Å². The van der Waals surface area contributed by atoms with Gasteiger partial charge >= 0.3 is 0 Å². The van der Waals surface area contributed by atoms with Crippen molar-refractivity contribution in [1.82, 2.24) is 4.98 Å². The number of nitrogens with zero attached hydrogens (tertiary/aromatic N) is 2. The molecule has 6 heteroatoms. The zero-order valence-electron chi connectivity index (χ0n) is 6.93. The molecule has 1 aromatic rings. The number of pyridine rings is 1. The normalized spacial score (nSPS) is 9.62. The lowest BCUT2D eigenvalue weighted by molar-refractivity contribution is -0.385. The van der Waals surface area contributed by atoms with Crippen LogP contribution in [0.5, 0.6) is 0 Å². The van der Waals surface area contributed by atoms with Crippen LogP contribution >= 0.6 is 0 Å². The minimum Gasteiger partial charge on any atom is -0.382 e. The van der Waals surface area contributed by atoms with Gasteiger partial charge < -0.3 is 11.1 Å². The summed E-state index contributed by atoms with van der Waals surface area (Å²) in [6.07, 6.45) is 2.72. The molecule has 0 aliphatic rings. The number of aromatic nitrogens is 1. The van der Waals surface area contributed by atoms with E-state index in [4.69, 9.17) is 5.73 Å². The number of rotatable bonds is 4. The van der Waals surface area contributed by atoms with Gasteiger partial charge in [-0.2, -0.15) is 0 Å². The van der Waals surface area contributed by atoms with E-state index in [2.05, 4.69) is 10.3 Å². The first-order valence-electron chi connectivity index (χ1n) is 3.77. The second-order valence-corrected chi connectivity index (χ2v) is 2.40. The van der Waals surface area contributed by atoms with Crippen molar-refractivity contribution in [2.24, 2.45) is 5.73 Å². The smallest absolute Gasteiger partial charge is 0.289 e. The van der Waals surface area contributed by atoms with E-state index < -0.39 is 4.92 Å². The number of nitrogens with one attached hydrogen (secondary N) is 1. The molecule has 0 fully saturated rings. The van der Waals surface area contributed by atoms with E-state index in [0.29, 0.717) is 18.8 Å². The first-order valence-corrected chi connectivity index (χ1v) is 3.77. The molecule has 70 valence electrons. The second-order valence-electron chi connectivity index (χ2n) is 2.40. The first-order chi connectivity index (χ1) is 6.24. The Morgan fingerprint density at radius 2 is 2.38 bits per heavy atom. The van der Waals surface area contributed by atoms with Crippen molar-refractivity contribution in [3.8, 4) is 0 Å². The standard InChI is InChI=1S/C7H10N4O2/c8-1-2-10-6-3-7(11(12)13)5-9-4-6/h3-5,10H,1-2,8H2. The summed E-state index contributed by atoms with van der Waals surface area (Å²) >= 11 is 0. The number of hydrogen-bond donors (Lipinski definition) is 2. The SMILES string of the molecule is NCCNc1cncc([N+](=O)[O-])c1. The molecule has 0 bridgehead atoms. The van der Waals surface area contributed by atoms with Crippen molar-refractivity contribution >= 4 is 11.4 Å². The predicted octanol–water partition coefficient (Wildman–Crippen LogP) is 0.360. The molecule has 6 nitrogen and oxygen atoms in total. The Bertz CT molecular complexity index is 302. The molecule has 1 aromatic heterocycles. The van der Waals surface area contributed by atoms with E-state index in [-0.39, 0.29) is 5.69 Å². The Kier molecular flexibility index (Phi) is 3.15. The number of nitrogens with two attached hydrogens (primary N) is 1. The lowest BCUT2D eigenvalue weighted by Crippen LogP contribution is -2.13. The third-order valence-corrected chi connectivity index (χ3v) is 1.41. The lowest BCUT2D eigenvalue weighted by atomic mass is 10.4. The van der Waals surface area contributed by atoms with Crippen LogP contribution in [0.15, 0.2) is 18.5 Å². The summed E-state index contributed by atoms with van der Waals surface area (Å²) in [5, 5.41) is 13.2. The van der Waals surface area contributed by atoms with Crippen molar-refractivity contribution in [1.29, 1.82) is 0 Å². The van der Waals surface area contributed by atoms with Crippen LogP contribution in [0.4, 0.5) is 11.4 Å². The molecular weight excluding hydrogens is 172 g/mol. The largest absolute Gasteiger partial charge is 0.382 e. The molecule has 0 amide bonds. The number of anilines is 1. The van der Waals surface area contributed by atoms with E-state index in [9.17, 15) is 10.1 Å². The van der Waals surface area contributed by atoms with Gasteiger partial charge in [-0.05, 0) is 0 Å². The molecule has 3 N–H and O–H groups in total. The maximum absolute atomic E-state index is 10.3. The zero-order valence-corrected chi connectivity index (χ0v) is 6.93. The van der Waals surface area contributed by atoms with Crippen molar-refractivity contribution in [2.75, 3.05) is 18.4 Å². The Morgan fingerprint density at radius 1 is 1.62 bits per heavy atom. The summed E-state index contributed by atoms with van der Waals surface area (Å²) in [6, 6.07) is 1.42. The summed E-state index contributed by atoms with van der Waals surface area (Å²) in [4.78, 5) is 13.6. The molecule has 0 spiro atoms. The predicted molar refractivity (Wildman–Crippen MR) is 48.4 cm³/mol. The highest BCUT2D eigenvalue weighted by atomic mass is 16.6. The van der Waals surface area contributed by atoms with Crippen LogP contribution in [0.25, 0.3) is 0 Å². The molecular formula is C7H10N4O2. The van der Waals surface area contributed by atoms with Gasteiger partial charge in [-0.15, -0.1) is 0 Å². The number of hydrogen-bond acceptors (Lipinski definition) is 5. The van der Waals surface area contributed by atoms with E-state index >= 15 is 0 Å². The monoisotopic (exact) mass is 182 g/mol. The molecule has 13 heavy (non-hydrogen) atoms. The fraction of sp³-hybridized carbons (Fsp3) is 0.286. The van der Waals surface area contributed by atoms with E-state index in [1.807, 2.05) is 0 Å². The van der Waals surface area contributed by atoms with Crippen molar-refractivity contribution in [3.63, 3.8) is 0 Å². The molecule has 0 unspecified atom stereocenters. The Labute approximate surface area is 74.9 Å². The van der Waals surface area contributed by atoms with E-state index in [1.54, 1.807) is 0 Å². The fourth-order valence-electron chi connectivity index (χ4n) is 0.841. The van der Waals surface area contributed by atoms with Crippen LogP contribution in [-0.2, 0) is 0 Å². The topological polar surface area (TPSA) is 94.1 Å². The van der Waals surface area contributed by atoms with Crippen molar-refractivity contribution in [3.05, 3.63) is 28.6 Å². The molecule has 0 aliphatic heterocycles. The lowest BCUT2D eigenvalue weighted by Gasteiger charge is -2.02. The molecule has 1 heterocycles. The van der Waals surface area contributed by atoms with Crippen LogP contribution in [0.2, 0.25) is 0 Å². The molecule has 0 saturated heterocycles. The Hall–Kier alpha value is -1.69. The minimum atomic E-state index is -0.485. The zero-order chi connectivity index (χ0) is 9.68. The van der Waals surface area contributed by atoms with Crippen molar-refractivity contribution < 1.29 is 4.92 Å². The summed E-state index contributed by atoms with van der Waals surface area (Å²) in [7, 11) is 0. The maximum atomic E-state index is 10.3. The molecule has 1 rings (SSSR count). The van der Waals surface area contributed by atoms with E-state index in [1.165, 1.54) is 18.5 Å². The van der Waals surface area contributed by atoms with Gasteiger partial charge in [0.1, 0.15) is 6.20 Å². The molecule has 0 aliphatic carbocycles. The van der Waals surface area contributed by atoms with Crippen LogP contribution in [0.1, 0.15) is 0 Å². The molecule has 0 aromatic carbocycles. The molecule has 0 radical (unpaired) electrons. The van der Waals surface area contributed by atoms with Crippen molar-refractivity contribution in [2.45, 2.75) is 0 Å². The minimum absolute atomic E-state index is 0.0259. The highest BCUT2D eigenvalue weighted by molar-refractivity contribution is 5.47. The summed E-state index contributed by atoms with van der Waals surface area (Å²) in [5.41, 5.74) is 5.84. The third kappa shape index (κ3) is 2.68. The Morgan fingerprint density at radius 3 is 3.00 bits per heavy atom. The van der Waals surface area contributed by atoms with Crippen LogP contribution in [-0.4, -0.2) is 23.0 Å². The fourth-order valence-corrected chi connectivity index (χ4v) is 0.841. The summed E-state index contributed by atoms with van der Waals surface area (Å²) < 4.78 is 0. The van der Waals surface area contributed by atoms with E-state index in [0.717, 1.165) is 0 Å². The van der Waals surface area contributed by atoms with Gasteiger partial charge in [0.25, 0.3) is 5.69 Å². The van der Waals surface area contributed by atoms with Gasteiger partial charge in [-0.3, -0.25) is 15.1 Å². The van der Waals surface area contributed by atoms with Crippen LogP contribution < -0.4 is 11.1 Å². The van der Waals surface area contributed by atoms with Gasteiger partial charge in [0.15, 0.2) is 0 Å². The molecule has 0 saturated carbocycles. The second kappa shape index (κ2) is 4.36. The van der Waals surface area contributed by atoms with Crippen LogP contribution in [0.3, 0.4) is 0 Å². The quantitative estimate of drug-likeness (QED) is 0.518. The van der Waals surface area contributed by atoms with Gasteiger partial charge in [-0.25, -0.2) is 0 Å². The van der Waals surface area contributed by atoms with Gasteiger partial charge in [-0.1, -0.05) is 0 Å². The molecule has 0 atom stereocenters. The Balaban J connectivity index is 2.73. The van der Waals surface area contributed by atoms with Gasteiger partial charge in [0.2, 0.25) is 0 Å². The summed E-state index contributed by atoms with van der Waals surface area (Å²) in [5.74, 6) is 0. The highest BCUT2D eigenvalue weighted by Gasteiger charge is 2.05. The van der Waals surface area contributed by atoms with Gasteiger partial charge in [0, 0.05) is 19.2 Å². The first kappa shape index (κ1) is 9.40. The average molecular weight is 182 g/mol. The average Bonchev–Trinajstić information content (AvgIpc) is 2.15. The maximum Gasteiger partial charge on any atom is 0.289 e. The highest BCUT2D eigenvalue weighted by Crippen LogP contribution is 2.14. The van der Waals surface area contributed by atoms with Crippen LogP contribution in [0, 0.1) is 10.1 Å². The third-order valence-electron chi connectivity index (χ3n) is 1.41. The summed E-state index contributed by atoms with van der Waals surface area (Å²) in [6.45, 7) is 1.05. The number of nitro groups is 1.